The molecule has 0 bridgehead atoms. The number of benzene rings is 4. The minimum Gasteiger partial charge on any atom is -0.497 e. The SMILES string of the molecule is COc1cccc(CN(C(=O)C#Cc2ccccc2OC)c2cccc3ccccc23)c1. The van der Waals surface area contributed by atoms with Crippen LogP contribution in [0.5, 0.6) is 11.5 Å². The maximum absolute atomic E-state index is 13.4. The molecule has 4 rings (SSSR count). The molecule has 0 saturated carbocycles. The summed E-state index contributed by atoms with van der Waals surface area (Å²) < 4.78 is 10.7. The van der Waals surface area contributed by atoms with E-state index in [9.17, 15) is 4.79 Å². The molecule has 1 amide bonds. The highest BCUT2D eigenvalue weighted by atomic mass is 16.5. The molecule has 4 heteroatoms. The van der Waals surface area contributed by atoms with Gasteiger partial charge in [0, 0.05) is 11.3 Å². The van der Waals surface area contributed by atoms with Crippen LogP contribution in [-0.4, -0.2) is 20.1 Å². The zero-order valence-electron chi connectivity index (χ0n) is 18.0. The van der Waals surface area contributed by atoms with E-state index in [2.05, 4.69) is 11.8 Å². The Bertz CT molecular complexity index is 1310. The first kappa shape index (κ1) is 21.0. The van der Waals surface area contributed by atoms with Crippen molar-refractivity contribution in [3.63, 3.8) is 0 Å². The molecule has 4 aromatic rings. The Labute approximate surface area is 188 Å². The van der Waals surface area contributed by atoms with Crippen molar-refractivity contribution in [1.29, 1.82) is 0 Å². The summed E-state index contributed by atoms with van der Waals surface area (Å²) in [6.45, 7) is 0.366. The average Bonchev–Trinajstić information content (AvgIpc) is 2.86. The molecule has 0 heterocycles. The molecule has 0 spiro atoms. The van der Waals surface area contributed by atoms with E-state index in [1.807, 2.05) is 91.0 Å². The summed E-state index contributed by atoms with van der Waals surface area (Å²) in [4.78, 5) is 15.1. The van der Waals surface area contributed by atoms with E-state index in [-0.39, 0.29) is 5.91 Å². The Balaban J connectivity index is 1.77. The van der Waals surface area contributed by atoms with Gasteiger partial charge >= 0.3 is 5.91 Å². The Morgan fingerprint density at radius 1 is 0.844 bits per heavy atom. The van der Waals surface area contributed by atoms with Crippen molar-refractivity contribution in [2.75, 3.05) is 19.1 Å². The van der Waals surface area contributed by atoms with Gasteiger partial charge in [-0.15, -0.1) is 0 Å². The lowest BCUT2D eigenvalue weighted by molar-refractivity contribution is -0.113. The summed E-state index contributed by atoms with van der Waals surface area (Å²) in [5.74, 6) is 6.87. The van der Waals surface area contributed by atoms with Gasteiger partial charge in [0.2, 0.25) is 0 Å². The van der Waals surface area contributed by atoms with Crippen LogP contribution in [0.1, 0.15) is 11.1 Å². The average molecular weight is 421 g/mol. The topological polar surface area (TPSA) is 38.8 Å². The maximum atomic E-state index is 13.4. The Hall–Kier alpha value is -4.23. The molecule has 0 aliphatic heterocycles. The van der Waals surface area contributed by atoms with E-state index in [0.717, 1.165) is 27.8 Å². The molecule has 32 heavy (non-hydrogen) atoms. The molecule has 4 aromatic carbocycles. The second kappa shape index (κ2) is 9.72. The van der Waals surface area contributed by atoms with Crippen molar-refractivity contribution in [3.8, 4) is 23.3 Å². The molecule has 0 saturated heterocycles. The third-order valence-electron chi connectivity index (χ3n) is 5.19. The van der Waals surface area contributed by atoms with Crippen LogP contribution in [0.2, 0.25) is 0 Å². The fourth-order valence-electron chi connectivity index (χ4n) is 3.60. The monoisotopic (exact) mass is 421 g/mol. The first-order valence-corrected chi connectivity index (χ1v) is 10.3. The highest BCUT2D eigenvalue weighted by Gasteiger charge is 2.17. The van der Waals surface area contributed by atoms with Crippen molar-refractivity contribution < 1.29 is 14.3 Å². The molecule has 158 valence electrons. The Kier molecular flexibility index (Phi) is 6.38. The first-order valence-electron chi connectivity index (χ1n) is 10.3. The fourth-order valence-corrected chi connectivity index (χ4v) is 3.60. The summed E-state index contributed by atoms with van der Waals surface area (Å²) in [5, 5.41) is 2.05. The van der Waals surface area contributed by atoms with Crippen molar-refractivity contribution in [3.05, 3.63) is 102 Å². The third kappa shape index (κ3) is 4.58. The normalized spacial score (nSPS) is 10.2. The predicted octanol–water partition coefficient (Wildman–Crippen LogP) is 5.44. The molecular weight excluding hydrogens is 398 g/mol. The number of hydrogen-bond acceptors (Lipinski definition) is 3. The van der Waals surface area contributed by atoms with Gasteiger partial charge < -0.3 is 9.47 Å². The number of hydrogen-bond donors (Lipinski definition) is 0. The van der Waals surface area contributed by atoms with Gasteiger partial charge in [-0.25, -0.2) is 0 Å². The lowest BCUT2D eigenvalue weighted by Crippen LogP contribution is -2.29. The smallest absolute Gasteiger partial charge is 0.303 e. The van der Waals surface area contributed by atoms with Crippen molar-refractivity contribution in [2.24, 2.45) is 0 Å². The van der Waals surface area contributed by atoms with Gasteiger partial charge in [-0.3, -0.25) is 9.69 Å². The molecule has 0 atom stereocenters. The molecule has 0 aliphatic carbocycles. The number of rotatable bonds is 5. The number of nitrogens with zero attached hydrogens (tertiary/aromatic N) is 1. The van der Waals surface area contributed by atoms with Gasteiger partial charge in [0.1, 0.15) is 11.5 Å². The summed E-state index contributed by atoms with van der Waals surface area (Å²) in [5.41, 5.74) is 2.43. The number of fused-ring (bicyclic) bond motifs is 1. The second-order valence-electron chi connectivity index (χ2n) is 7.19. The van der Waals surface area contributed by atoms with Gasteiger partial charge in [-0.05, 0) is 41.3 Å². The van der Waals surface area contributed by atoms with Crippen molar-refractivity contribution >= 4 is 22.4 Å². The van der Waals surface area contributed by atoms with E-state index in [4.69, 9.17) is 9.47 Å². The fraction of sp³-hybridized carbons (Fsp3) is 0.107. The minimum atomic E-state index is -0.296. The first-order chi connectivity index (χ1) is 15.7. The Morgan fingerprint density at radius 2 is 1.59 bits per heavy atom. The summed E-state index contributed by atoms with van der Waals surface area (Å²) in [6, 6.07) is 29.1. The van der Waals surface area contributed by atoms with Crippen LogP contribution in [0.4, 0.5) is 5.69 Å². The lowest BCUT2D eigenvalue weighted by Gasteiger charge is -2.22. The van der Waals surface area contributed by atoms with E-state index in [1.54, 1.807) is 19.1 Å². The molecule has 0 unspecified atom stereocenters. The summed E-state index contributed by atoms with van der Waals surface area (Å²) in [7, 11) is 3.22. The molecular formula is C28H23NO3. The van der Waals surface area contributed by atoms with Crippen LogP contribution in [-0.2, 0) is 11.3 Å². The van der Waals surface area contributed by atoms with Crippen molar-refractivity contribution in [2.45, 2.75) is 6.54 Å². The number of para-hydroxylation sites is 1. The van der Waals surface area contributed by atoms with E-state index < -0.39 is 0 Å². The summed E-state index contributed by atoms with van der Waals surface area (Å²) in [6.07, 6.45) is 0. The molecule has 0 N–H and O–H groups in total. The molecule has 4 nitrogen and oxygen atoms in total. The second-order valence-corrected chi connectivity index (χ2v) is 7.19. The van der Waals surface area contributed by atoms with Crippen LogP contribution in [0, 0.1) is 11.8 Å². The van der Waals surface area contributed by atoms with E-state index in [0.29, 0.717) is 17.9 Å². The number of carbonyl (C=O) groups excluding carboxylic acids is 1. The number of carbonyl (C=O) groups is 1. The highest BCUT2D eigenvalue weighted by molar-refractivity contribution is 6.10. The Morgan fingerprint density at radius 3 is 2.44 bits per heavy atom. The van der Waals surface area contributed by atoms with Gasteiger partial charge in [0.15, 0.2) is 0 Å². The number of ether oxygens (including phenoxy) is 2. The lowest BCUT2D eigenvalue weighted by atomic mass is 10.1. The van der Waals surface area contributed by atoms with E-state index in [1.165, 1.54) is 0 Å². The summed E-state index contributed by atoms with van der Waals surface area (Å²) >= 11 is 0. The highest BCUT2D eigenvalue weighted by Crippen LogP contribution is 2.29. The molecule has 0 aromatic heterocycles. The minimum absolute atomic E-state index is 0.296. The van der Waals surface area contributed by atoms with Crippen molar-refractivity contribution in [1.82, 2.24) is 0 Å². The number of anilines is 1. The van der Waals surface area contributed by atoms with E-state index >= 15 is 0 Å². The van der Waals surface area contributed by atoms with Crippen LogP contribution in [0.3, 0.4) is 0 Å². The largest absolute Gasteiger partial charge is 0.497 e. The van der Waals surface area contributed by atoms with Crippen LogP contribution < -0.4 is 14.4 Å². The quantitative estimate of drug-likeness (QED) is 0.403. The predicted molar refractivity (Wildman–Crippen MR) is 128 cm³/mol. The number of amides is 1. The van der Waals surface area contributed by atoms with Crippen LogP contribution in [0.15, 0.2) is 91.0 Å². The van der Waals surface area contributed by atoms with Gasteiger partial charge in [-0.1, -0.05) is 66.6 Å². The van der Waals surface area contributed by atoms with Crippen LogP contribution >= 0.6 is 0 Å². The maximum Gasteiger partial charge on any atom is 0.303 e. The van der Waals surface area contributed by atoms with Crippen LogP contribution in [0.25, 0.3) is 10.8 Å². The molecule has 0 radical (unpaired) electrons. The zero-order chi connectivity index (χ0) is 22.3. The van der Waals surface area contributed by atoms with Gasteiger partial charge in [0.05, 0.1) is 32.0 Å². The molecule has 0 fully saturated rings. The van der Waals surface area contributed by atoms with Gasteiger partial charge in [-0.2, -0.15) is 0 Å². The van der Waals surface area contributed by atoms with Gasteiger partial charge in [0.25, 0.3) is 0 Å². The third-order valence-corrected chi connectivity index (χ3v) is 5.19. The standard InChI is InChI=1S/C28H23NO3/c1-31-24-13-7-9-21(19-24)20-29(26-15-8-12-22-10-3-5-14-25(22)26)28(30)18-17-23-11-4-6-16-27(23)32-2/h3-16,19H,20H2,1-2H3. The zero-order valence-corrected chi connectivity index (χ0v) is 18.0. The number of methoxy groups -OCH3 is 2. The molecule has 0 aliphatic rings.